The van der Waals surface area contributed by atoms with Crippen molar-refractivity contribution in [3.8, 4) is 5.75 Å². The standard InChI is InChI=1S/C21H20N2O3S/c1-26-18-11-4-15(5-12-18)6-13-20(24)22-16-7-9-17(10-8-16)23-21(25)19-3-2-14-27-19/h2-5,7-12,14H,6,13H2,1H3,(H,22,24)(H,23,25). The van der Waals surface area contributed by atoms with Gasteiger partial charge in [-0.15, -0.1) is 11.3 Å². The van der Waals surface area contributed by atoms with Crippen LogP contribution >= 0.6 is 11.3 Å². The van der Waals surface area contributed by atoms with Gasteiger partial charge in [-0.1, -0.05) is 18.2 Å². The summed E-state index contributed by atoms with van der Waals surface area (Å²) in [6, 6.07) is 18.4. The summed E-state index contributed by atoms with van der Waals surface area (Å²) in [6.45, 7) is 0. The topological polar surface area (TPSA) is 67.4 Å². The van der Waals surface area contributed by atoms with Gasteiger partial charge < -0.3 is 15.4 Å². The fourth-order valence-electron chi connectivity index (χ4n) is 2.51. The molecule has 0 saturated heterocycles. The zero-order valence-corrected chi connectivity index (χ0v) is 15.7. The van der Waals surface area contributed by atoms with E-state index < -0.39 is 0 Å². The molecule has 0 unspecified atom stereocenters. The quantitative estimate of drug-likeness (QED) is 0.630. The van der Waals surface area contributed by atoms with Crippen LogP contribution in [0, 0.1) is 0 Å². The summed E-state index contributed by atoms with van der Waals surface area (Å²) in [5.74, 6) is 0.608. The van der Waals surface area contributed by atoms with Crippen LogP contribution < -0.4 is 15.4 Å². The molecule has 27 heavy (non-hydrogen) atoms. The van der Waals surface area contributed by atoms with Crippen molar-refractivity contribution in [1.82, 2.24) is 0 Å². The molecule has 6 heteroatoms. The molecule has 0 fully saturated rings. The largest absolute Gasteiger partial charge is 0.497 e. The Bertz CT molecular complexity index is 888. The lowest BCUT2D eigenvalue weighted by molar-refractivity contribution is -0.116. The summed E-state index contributed by atoms with van der Waals surface area (Å²) in [5.41, 5.74) is 2.46. The highest BCUT2D eigenvalue weighted by Crippen LogP contribution is 2.17. The van der Waals surface area contributed by atoms with Crippen LogP contribution in [0.25, 0.3) is 0 Å². The van der Waals surface area contributed by atoms with Gasteiger partial charge >= 0.3 is 0 Å². The van der Waals surface area contributed by atoms with Gasteiger partial charge in [0.05, 0.1) is 12.0 Å². The molecular weight excluding hydrogens is 360 g/mol. The summed E-state index contributed by atoms with van der Waals surface area (Å²) in [4.78, 5) is 24.8. The molecule has 3 aromatic rings. The summed E-state index contributed by atoms with van der Waals surface area (Å²) in [5, 5.41) is 7.56. The Morgan fingerprint density at radius 3 is 2.19 bits per heavy atom. The van der Waals surface area contributed by atoms with Crippen molar-refractivity contribution in [2.75, 3.05) is 17.7 Å². The molecule has 2 N–H and O–H groups in total. The number of aryl methyl sites for hydroxylation is 1. The smallest absolute Gasteiger partial charge is 0.265 e. The van der Waals surface area contributed by atoms with Crippen molar-refractivity contribution in [2.24, 2.45) is 0 Å². The van der Waals surface area contributed by atoms with Crippen LogP contribution in [0.1, 0.15) is 21.7 Å². The average Bonchev–Trinajstić information content (AvgIpc) is 3.23. The molecule has 0 saturated carbocycles. The molecule has 3 rings (SSSR count). The third kappa shape index (κ3) is 5.43. The van der Waals surface area contributed by atoms with Crippen LogP contribution in [0.5, 0.6) is 5.75 Å². The zero-order chi connectivity index (χ0) is 19.1. The normalized spacial score (nSPS) is 10.3. The number of hydrogen-bond donors (Lipinski definition) is 2. The average molecular weight is 380 g/mol. The lowest BCUT2D eigenvalue weighted by Gasteiger charge is -2.08. The van der Waals surface area contributed by atoms with Crippen molar-refractivity contribution in [3.05, 3.63) is 76.5 Å². The number of thiophene rings is 1. The summed E-state index contributed by atoms with van der Waals surface area (Å²) < 4.78 is 5.12. The van der Waals surface area contributed by atoms with Gasteiger partial charge in [-0.05, 0) is 59.8 Å². The van der Waals surface area contributed by atoms with Gasteiger partial charge in [0.2, 0.25) is 5.91 Å². The van der Waals surface area contributed by atoms with E-state index in [0.29, 0.717) is 29.1 Å². The fraction of sp³-hybridized carbons (Fsp3) is 0.143. The molecule has 138 valence electrons. The molecule has 2 amide bonds. The molecule has 0 aliphatic heterocycles. The van der Waals surface area contributed by atoms with Gasteiger partial charge in [-0.2, -0.15) is 0 Å². The number of amides is 2. The molecule has 0 spiro atoms. The number of benzene rings is 2. The number of rotatable bonds is 7. The van der Waals surface area contributed by atoms with Crippen molar-refractivity contribution in [2.45, 2.75) is 12.8 Å². The van der Waals surface area contributed by atoms with Crippen molar-refractivity contribution < 1.29 is 14.3 Å². The fourth-order valence-corrected chi connectivity index (χ4v) is 3.13. The van der Waals surface area contributed by atoms with E-state index in [-0.39, 0.29) is 11.8 Å². The van der Waals surface area contributed by atoms with Crippen LogP contribution in [0.15, 0.2) is 66.0 Å². The number of carbonyl (C=O) groups excluding carboxylic acids is 2. The van der Waals surface area contributed by atoms with Gasteiger partial charge in [0.1, 0.15) is 5.75 Å². The van der Waals surface area contributed by atoms with Crippen LogP contribution in [0.4, 0.5) is 11.4 Å². The molecule has 1 aromatic heterocycles. The molecule has 0 bridgehead atoms. The second-order valence-corrected chi connectivity index (χ2v) is 6.85. The van der Waals surface area contributed by atoms with Gasteiger partial charge in [0.15, 0.2) is 0 Å². The van der Waals surface area contributed by atoms with E-state index in [2.05, 4.69) is 10.6 Å². The molecule has 0 aliphatic rings. The van der Waals surface area contributed by atoms with Crippen molar-refractivity contribution >= 4 is 34.5 Å². The number of anilines is 2. The maximum Gasteiger partial charge on any atom is 0.265 e. The summed E-state index contributed by atoms with van der Waals surface area (Å²) >= 11 is 1.39. The molecule has 1 heterocycles. The Hall–Kier alpha value is -3.12. The lowest BCUT2D eigenvalue weighted by Crippen LogP contribution is -2.13. The minimum absolute atomic E-state index is 0.0545. The highest BCUT2D eigenvalue weighted by molar-refractivity contribution is 7.12. The zero-order valence-electron chi connectivity index (χ0n) is 14.9. The first-order chi connectivity index (χ1) is 13.1. The third-order valence-corrected chi connectivity index (χ3v) is 4.84. The maximum absolute atomic E-state index is 12.1. The molecular formula is C21H20N2O3S. The number of methoxy groups -OCH3 is 1. The molecule has 0 atom stereocenters. The SMILES string of the molecule is COc1ccc(CCC(=O)Nc2ccc(NC(=O)c3cccs3)cc2)cc1. The Labute approximate surface area is 162 Å². The van der Waals surface area contributed by atoms with E-state index in [1.165, 1.54) is 11.3 Å². The van der Waals surface area contributed by atoms with Crippen molar-refractivity contribution in [1.29, 1.82) is 0 Å². The summed E-state index contributed by atoms with van der Waals surface area (Å²) in [6.07, 6.45) is 1.05. The monoisotopic (exact) mass is 380 g/mol. The van der Waals surface area contributed by atoms with E-state index in [1.54, 1.807) is 37.4 Å². The van der Waals surface area contributed by atoms with Gasteiger partial charge in [-0.3, -0.25) is 9.59 Å². The van der Waals surface area contributed by atoms with E-state index >= 15 is 0 Å². The van der Waals surface area contributed by atoms with Crippen molar-refractivity contribution in [3.63, 3.8) is 0 Å². The Morgan fingerprint density at radius 1 is 0.926 bits per heavy atom. The van der Waals surface area contributed by atoms with Gasteiger partial charge in [-0.25, -0.2) is 0 Å². The number of hydrogen-bond acceptors (Lipinski definition) is 4. The Kier molecular flexibility index (Phi) is 6.22. The first-order valence-electron chi connectivity index (χ1n) is 8.52. The lowest BCUT2D eigenvalue weighted by atomic mass is 10.1. The van der Waals surface area contributed by atoms with Gasteiger partial charge in [0, 0.05) is 17.8 Å². The van der Waals surface area contributed by atoms with Gasteiger partial charge in [0.25, 0.3) is 5.91 Å². The molecule has 0 aliphatic carbocycles. The van der Waals surface area contributed by atoms with E-state index in [0.717, 1.165) is 11.3 Å². The van der Waals surface area contributed by atoms with Crippen LogP contribution in [0.2, 0.25) is 0 Å². The number of nitrogens with one attached hydrogen (secondary N) is 2. The molecule has 0 radical (unpaired) electrons. The van der Waals surface area contributed by atoms with E-state index in [1.807, 2.05) is 35.7 Å². The highest BCUT2D eigenvalue weighted by Gasteiger charge is 2.07. The van der Waals surface area contributed by atoms with E-state index in [4.69, 9.17) is 4.74 Å². The maximum atomic E-state index is 12.1. The van der Waals surface area contributed by atoms with Crippen LogP contribution in [-0.4, -0.2) is 18.9 Å². The van der Waals surface area contributed by atoms with E-state index in [9.17, 15) is 9.59 Å². The second kappa shape index (κ2) is 9.00. The van der Waals surface area contributed by atoms with Crippen LogP contribution in [0.3, 0.4) is 0 Å². The second-order valence-electron chi connectivity index (χ2n) is 5.91. The predicted molar refractivity (Wildman–Crippen MR) is 109 cm³/mol. The highest BCUT2D eigenvalue weighted by atomic mass is 32.1. The summed E-state index contributed by atoms with van der Waals surface area (Å²) in [7, 11) is 1.63. The predicted octanol–water partition coefficient (Wildman–Crippen LogP) is 4.58. The molecule has 5 nitrogen and oxygen atoms in total. The number of carbonyl (C=O) groups is 2. The minimum Gasteiger partial charge on any atom is -0.497 e. The minimum atomic E-state index is -0.138. The van der Waals surface area contributed by atoms with Crippen LogP contribution in [-0.2, 0) is 11.2 Å². The molecule has 2 aromatic carbocycles. The third-order valence-electron chi connectivity index (χ3n) is 3.97. The Balaban J connectivity index is 1.48. The number of ether oxygens (including phenoxy) is 1. The Morgan fingerprint density at radius 2 is 1.59 bits per heavy atom. The first-order valence-corrected chi connectivity index (χ1v) is 9.40. The first kappa shape index (κ1) is 18.7.